The molecule has 1 amide bonds. The van der Waals surface area contributed by atoms with Crippen LogP contribution in [-0.4, -0.2) is 41.8 Å². The topological polar surface area (TPSA) is 59.0 Å². The minimum atomic E-state index is -0.763. The fraction of sp³-hybridized carbons (Fsp3) is 0.458. The first-order valence-corrected chi connectivity index (χ1v) is 11.4. The Balaban J connectivity index is 1.62. The molecule has 3 atom stereocenters. The number of amides is 1. The number of likely N-dealkylation sites (tertiary alicyclic amines) is 1. The molecule has 7 heteroatoms. The highest BCUT2D eigenvalue weighted by molar-refractivity contribution is 6.35. The van der Waals surface area contributed by atoms with E-state index in [1.54, 1.807) is 25.3 Å². The van der Waals surface area contributed by atoms with Gasteiger partial charge in [-0.25, -0.2) is 0 Å². The van der Waals surface area contributed by atoms with Crippen LogP contribution in [0.25, 0.3) is 0 Å². The van der Waals surface area contributed by atoms with Gasteiger partial charge in [-0.1, -0.05) is 54.2 Å². The van der Waals surface area contributed by atoms with E-state index in [2.05, 4.69) is 0 Å². The van der Waals surface area contributed by atoms with Crippen LogP contribution in [0.3, 0.4) is 0 Å². The smallest absolute Gasteiger partial charge is 0.261 e. The monoisotopic (exact) mass is 463 g/mol. The van der Waals surface area contributed by atoms with Gasteiger partial charge in [0, 0.05) is 23.0 Å². The maximum absolute atomic E-state index is 13.3. The number of nitrogens with zero attached hydrogens (tertiary/aromatic N) is 1. The van der Waals surface area contributed by atoms with Gasteiger partial charge in [-0.2, -0.15) is 0 Å². The van der Waals surface area contributed by atoms with E-state index in [4.69, 9.17) is 32.7 Å². The number of rotatable bonds is 5. The van der Waals surface area contributed by atoms with Gasteiger partial charge in [0.1, 0.15) is 11.5 Å². The number of piperidine rings is 1. The third-order valence-electron chi connectivity index (χ3n) is 6.59. The van der Waals surface area contributed by atoms with E-state index in [9.17, 15) is 9.90 Å². The summed E-state index contributed by atoms with van der Waals surface area (Å²) in [6, 6.07) is 12.4. The molecule has 2 aromatic rings. The van der Waals surface area contributed by atoms with Crippen molar-refractivity contribution < 1.29 is 19.4 Å². The standard InChI is InChI=1S/C24H27Cl2NO4/c1-30-20-8-3-2-6-17(20)23-18-7-4-5-11-24(18,29)12-13-27(23)22(28)15-31-21-10-9-16(25)14-19(21)26/h2-3,6,8-10,14,18,23,29H,4-5,7,11-13,15H2,1H3/t18-,23-,24+/m1/s1. The number of halogens is 2. The lowest BCUT2D eigenvalue weighted by molar-refractivity contribution is -0.157. The van der Waals surface area contributed by atoms with Crippen LogP contribution in [0.15, 0.2) is 42.5 Å². The number of carbonyl (C=O) groups excluding carboxylic acids is 1. The zero-order valence-corrected chi connectivity index (χ0v) is 19.0. The van der Waals surface area contributed by atoms with Gasteiger partial charge >= 0.3 is 0 Å². The van der Waals surface area contributed by atoms with Gasteiger partial charge in [0.2, 0.25) is 0 Å². The predicted octanol–water partition coefficient (Wildman–Crippen LogP) is 5.28. The van der Waals surface area contributed by atoms with E-state index in [0.29, 0.717) is 28.8 Å². The molecule has 2 aliphatic rings. The molecule has 1 N–H and O–H groups in total. The number of para-hydroxylation sites is 1. The molecule has 5 nitrogen and oxygen atoms in total. The van der Waals surface area contributed by atoms with Gasteiger partial charge in [-0.15, -0.1) is 0 Å². The number of hydrogen-bond acceptors (Lipinski definition) is 4. The Hall–Kier alpha value is -1.95. The summed E-state index contributed by atoms with van der Waals surface area (Å²) in [6.45, 7) is 0.324. The van der Waals surface area contributed by atoms with Crippen LogP contribution < -0.4 is 9.47 Å². The summed E-state index contributed by atoms with van der Waals surface area (Å²) in [6.07, 6.45) is 4.25. The van der Waals surface area contributed by atoms with Gasteiger partial charge < -0.3 is 19.5 Å². The molecule has 166 valence electrons. The summed E-state index contributed by atoms with van der Waals surface area (Å²) >= 11 is 12.1. The minimum Gasteiger partial charge on any atom is -0.496 e. The van der Waals surface area contributed by atoms with Gasteiger partial charge in [0.15, 0.2) is 6.61 Å². The number of carbonyl (C=O) groups is 1. The molecule has 1 saturated carbocycles. The Labute approximate surface area is 192 Å². The van der Waals surface area contributed by atoms with Crippen molar-refractivity contribution in [1.29, 1.82) is 0 Å². The molecule has 0 aromatic heterocycles. The van der Waals surface area contributed by atoms with Crippen LogP contribution in [0.4, 0.5) is 0 Å². The molecule has 2 fully saturated rings. The van der Waals surface area contributed by atoms with E-state index < -0.39 is 5.60 Å². The molecule has 0 bridgehead atoms. The highest BCUT2D eigenvalue weighted by Crippen LogP contribution is 2.50. The van der Waals surface area contributed by atoms with Crippen LogP contribution >= 0.6 is 23.2 Å². The molecule has 31 heavy (non-hydrogen) atoms. The number of aliphatic hydroxyl groups is 1. The van der Waals surface area contributed by atoms with Gasteiger partial charge in [-0.05, 0) is 43.5 Å². The Kier molecular flexibility index (Phi) is 6.65. The maximum atomic E-state index is 13.3. The number of ether oxygens (including phenoxy) is 2. The molecule has 0 spiro atoms. The first-order chi connectivity index (χ1) is 14.9. The summed E-state index contributed by atoms with van der Waals surface area (Å²) in [5, 5.41) is 12.3. The SMILES string of the molecule is COc1ccccc1[C@@H]1[C@H]2CCCC[C@]2(O)CCN1C(=O)COc1ccc(Cl)cc1Cl. The van der Waals surface area contributed by atoms with Gasteiger partial charge in [0.05, 0.1) is 23.8 Å². The van der Waals surface area contributed by atoms with E-state index in [-0.39, 0.29) is 24.5 Å². The van der Waals surface area contributed by atoms with Crippen LogP contribution in [-0.2, 0) is 4.79 Å². The molecule has 0 unspecified atom stereocenters. The lowest BCUT2D eigenvalue weighted by atomic mass is 9.66. The summed E-state index contributed by atoms with van der Waals surface area (Å²) < 4.78 is 11.3. The first-order valence-electron chi connectivity index (χ1n) is 10.7. The predicted molar refractivity (Wildman–Crippen MR) is 121 cm³/mol. The average Bonchev–Trinajstić information content (AvgIpc) is 2.77. The van der Waals surface area contributed by atoms with Crippen molar-refractivity contribution in [2.24, 2.45) is 5.92 Å². The number of benzene rings is 2. The summed E-state index contributed by atoms with van der Waals surface area (Å²) in [7, 11) is 1.63. The van der Waals surface area contributed by atoms with E-state index >= 15 is 0 Å². The lowest BCUT2D eigenvalue weighted by Crippen LogP contribution is -2.57. The Bertz CT molecular complexity index is 953. The van der Waals surface area contributed by atoms with Crippen LogP contribution in [0, 0.1) is 5.92 Å². The van der Waals surface area contributed by atoms with Crippen LogP contribution in [0.1, 0.15) is 43.7 Å². The second kappa shape index (κ2) is 9.27. The largest absolute Gasteiger partial charge is 0.496 e. The number of fused-ring (bicyclic) bond motifs is 1. The Morgan fingerprint density at radius 1 is 1.16 bits per heavy atom. The quantitative estimate of drug-likeness (QED) is 0.655. The van der Waals surface area contributed by atoms with Crippen molar-refractivity contribution in [3.05, 3.63) is 58.1 Å². The lowest BCUT2D eigenvalue weighted by Gasteiger charge is -2.52. The second-order valence-electron chi connectivity index (χ2n) is 8.34. The average molecular weight is 464 g/mol. The van der Waals surface area contributed by atoms with Crippen molar-refractivity contribution in [3.63, 3.8) is 0 Å². The van der Waals surface area contributed by atoms with Crippen molar-refractivity contribution in [1.82, 2.24) is 4.90 Å². The third kappa shape index (κ3) is 4.50. The normalized spacial score (nSPS) is 25.6. The molecule has 2 aromatic carbocycles. The van der Waals surface area contributed by atoms with Crippen LogP contribution in [0.5, 0.6) is 11.5 Å². The number of methoxy groups -OCH3 is 1. The highest BCUT2D eigenvalue weighted by Gasteiger charge is 2.50. The minimum absolute atomic E-state index is 0.0469. The molecule has 4 rings (SSSR count). The van der Waals surface area contributed by atoms with Gasteiger partial charge in [-0.3, -0.25) is 4.79 Å². The maximum Gasteiger partial charge on any atom is 0.261 e. The Morgan fingerprint density at radius 2 is 1.97 bits per heavy atom. The van der Waals surface area contributed by atoms with Gasteiger partial charge in [0.25, 0.3) is 5.91 Å². The molecule has 1 aliphatic heterocycles. The first kappa shape index (κ1) is 22.3. The van der Waals surface area contributed by atoms with Crippen molar-refractivity contribution in [2.75, 3.05) is 20.3 Å². The summed E-state index contributed by atoms with van der Waals surface area (Å²) in [5.41, 5.74) is 0.161. The zero-order chi connectivity index (χ0) is 22.0. The van der Waals surface area contributed by atoms with Crippen LogP contribution in [0.2, 0.25) is 10.0 Å². The molecular formula is C24H27Cl2NO4. The fourth-order valence-electron chi connectivity index (χ4n) is 5.07. The second-order valence-corrected chi connectivity index (χ2v) is 9.19. The van der Waals surface area contributed by atoms with E-state index in [1.807, 2.05) is 29.2 Å². The van der Waals surface area contributed by atoms with E-state index in [0.717, 1.165) is 37.0 Å². The van der Waals surface area contributed by atoms with Crippen molar-refractivity contribution in [3.8, 4) is 11.5 Å². The zero-order valence-electron chi connectivity index (χ0n) is 17.5. The summed E-state index contributed by atoms with van der Waals surface area (Å²) in [4.78, 5) is 15.2. The van der Waals surface area contributed by atoms with E-state index in [1.165, 1.54) is 0 Å². The third-order valence-corrected chi connectivity index (χ3v) is 7.12. The molecular weight excluding hydrogens is 437 g/mol. The molecule has 1 aliphatic carbocycles. The Morgan fingerprint density at radius 3 is 2.74 bits per heavy atom. The molecule has 1 heterocycles. The fourth-order valence-corrected chi connectivity index (χ4v) is 5.53. The number of hydrogen-bond donors (Lipinski definition) is 1. The molecule has 1 saturated heterocycles. The van der Waals surface area contributed by atoms with Crippen molar-refractivity contribution in [2.45, 2.75) is 43.7 Å². The molecule has 0 radical (unpaired) electrons. The highest BCUT2D eigenvalue weighted by atomic mass is 35.5. The van der Waals surface area contributed by atoms with Crippen molar-refractivity contribution >= 4 is 29.1 Å². The summed E-state index contributed by atoms with van der Waals surface area (Å²) in [5.74, 6) is 0.949.